The van der Waals surface area contributed by atoms with Gasteiger partial charge in [-0.2, -0.15) is 0 Å². The smallest absolute Gasteiger partial charge is 0.123 e. The molecule has 0 spiro atoms. The summed E-state index contributed by atoms with van der Waals surface area (Å²) in [6.45, 7) is 7.46. The summed E-state index contributed by atoms with van der Waals surface area (Å²) in [6, 6.07) is 7.30. The lowest BCUT2D eigenvalue weighted by molar-refractivity contribution is 0.135. The molecule has 0 amide bonds. The lowest BCUT2D eigenvalue weighted by Gasteiger charge is -2.27. The summed E-state index contributed by atoms with van der Waals surface area (Å²) in [5.41, 5.74) is 1.13. The first-order valence-corrected chi connectivity index (χ1v) is 7.99. The summed E-state index contributed by atoms with van der Waals surface area (Å²) in [4.78, 5) is 2.39. The molecule has 1 heterocycles. The van der Waals surface area contributed by atoms with Crippen molar-refractivity contribution in [2.75, 3.05) is 26.2 Å². The topological polar surface area (TPSA) is 35.5 Å². The first-order valence-electron chi connectivity index (χ1n) is 7.99. The summed E-state index contributed by atoms with van der Waals surface area (Å²) in [5.74, 6) is 0.376. The van der Waals surface area contributed by atoms with E-state index in [2.05, 4.69) is 24.1 Å². The number of hydrogen-bond donors (Lipinski definition) is 2. The summed E-state index contributed by atoms with van der Waals surface area (Å²) >= 11 is 0. The van der Waals surface area contributed by atoms with Crippen LogP contribution in [0.25, 0.3) is 0 Å². The van der Waals surface area contributed by atoms with Gasteiger partial charge in [-0.3, -0.25) is 4.90 Å². The molecule has 0 aliphatic carbocycles. The van der Waals surface area contributed by atoms with Crippen molar-refractivity contribution >= 4 is 0 Å². The summed E-state index contributed by atoms with van der Waals surface area (Å²) in [5, 5.41) is 13.0. The molecule has 3 unspecified atom stereocenters. The van der Waals surface area contributed by atoms with Gasteiger partial charge in [0.05, 0.1) is 6.61 Å². The fraction of sp³-hybridized carbons (Fsp3) is 0.647. The van der Waals surface area contributed by atoms with Gasteiger partial charge in [0, 0.05) is 18.6 Å². The first kappa shape index (κ1) is 16.4. The van der Waals surface area contributed by atoms with Crippen molar-refractivity contribution in [2.45, 2.75) is 38.8 Å². The molecule has 3 nitrogen and oxygen atoms in total. The van der Waals surface area contributed by atoms with Crippen LogP contribution in [-0.4, -0.2) is 42.3 Å². The highest BCUT2D eigenvalue weighted by Gasteiger charge is 2.30. The highest BCUT2D eigenvalue weighted by molar-refractivity contribution is 5.20. The third-order valence-electron chi connectivity index (χ3n) is 4.61. The van der Waals surface area contributed by atoms with E-state index in [0.29, 0.717) is 12.0 Å². The number of aliphatic hydroxyl groups excluding tert-OH is 1. The quantitative estimate of drug-likeness (QED) is 0.811. The molecule has 1 aliphatic heterocycles. The molecule has 0 saturated carbocycles. The van der Waals surface area contributed by atoms with E-state index in [0.717, 1.165) is 38.0 Å². The van der Waals surface area contributed by atoms with Crippen LogP contribution in [0, 0.1) is 11.7 Å². The van der Waals surface area contributed by atoms with Crippen LogP contribution in [0.2, 0.25) is 0 Å². The molecule has 1 aliphatic rings. The second-order valence-electron chi connectivity index (χ2n) is 6.00. The highest BCUT2D eigenvalue weighted by Crippen LogP contribution is 2.25. The van der Waals surface area contributed by atoms with E-state index < -0.39 is 0 Å². The summed E-state index contributed by atoms with van der Waals surface area (Å²) < 4.78 is 13.1. The van der Waals surface area contributed by atoms with Crippen LogP contribution >= 0.6 is 0 Å². The van der Waals surface area contributed by atoms with Crippen molar-refractivity contribution in [3.63, 3.8) is 0 Å². The number of nitrogens with one attached hydrogen (secondary N) is 1. The van der Waals surface area contributed by atoms with Gasteiger partial charge in [0.15, 0.2) is 0 Å². The van der Waals surface area contributed by atoms with Crippen LogP contribution in [0.5, 0.6) is 0 Å². The predicted molar refractivity (Wildman–Crippen MR) is 83.7 cm³/mol. The molecule has 1 saturated heterocycles. The monoisotopic (exact) mass is 294 g/mol. The third kappa shape index (κ3) is 4.25. The lowest BCUT2D eigenvalue weighted by atomic mass is 10.0. The maximum atomic E-state index is 13.1. The van der Waals surface area contributed by atoms with Gasteiger partial charge in [-0.15, -0.1) is 0 Å². The molecule has 2 N–H and O–H groups in total. The Hall–Kier alpha value is -0.970. The van der Waals surface area contributed by atoms with E-state index in [9.17, 15) is 9.50 Å². The number of hydrogen-bond acceptors (Lipinski definition) is 3. The molecule has 118 valence electrons. The number of benzene rings is 1. The maximum absolute atomic E-state index is 13.1. The first-order chi connectivity index (χ1) is 10.2. The van der Waals surface area contributed by atoms with E-state index in [1.807, 2.05) is 12.1 Å². The normalized spacial score (nSPS) is 24.4. The Labute approximate surface area is 127 Å². The molecule has 3 atom stereocenters. The number of likely N-dealkylation sites (tertiary alicyclic amines) is 1. The largest absolute Gasteiger partial charge is 0.395 e. The zero-order chi connectivity index (χ0) is 15.2. The highest BCUT2D eigenvalue weighted by atomic mass is 19.1. The van der Waals surface area contributed by atoms with E-state index in [1.165, 1.54) is 12.1 Å². The molecule has 2 rings (SSSR count). The fourth-order valence-corrected chi connectivity index (χ4v) is 3.28. The van der Waals surface area contributed by atoms with Crippen LogP contribution < -0.4 is 5.32 Å². The Kier molecular flexibility index (Phi) is 6.15. The summed E-state index contributed by atoms with van der Waals surface area (Å²) in [7, 11) is 0. The zero-order valence-electron chi connectivity index (χ0n) is 13.1. The second-order valence-corrected chi connectivity index (χ2v) is 6.00. The van der Waals surface area contributed by atoms with Crippen molar-refractivity contribution in [1.29, 1.82) is 0 Å². The van der Waals surface area contributed by atoms with Gasteiger partial charge in [-0.25, -0.2) is 4.39 Å². The maximum Gasteiger partial charge on any atom is 0.123 e. The van der Waals surface area contributed by atoms with Crippen molar-refractivity contribution in [3.8, 4) is 0 Å². The summed E-state index contributed by atoms with van der Waals surface area (Å²) in [6.07, 6.45) is 2.14. The molecular weight excluding hydrogens is 267 g/mol. The van der Waals surface area contributed by atoms with E-state index in [4.69, 9.17) is 0 Å². The molecule has 0 radical (unpaired) electrons. The molecule has 1 aromatic rings. The van der Waals surface area contributed by atoms with Gasteiger partial charge in [0.1, 0.15) is 5.82 Å². The van der Waals surface area contributed by atoms with Crippen LogP contribution in [0.4, 0.5) is 4.39 Å². The van der Waals surface area contributed by atoms with Gasteiger partial charge >= 0.3 is 0 Å². The van der Waals surface area contributed by atoms with Crippen molar-refractivity contribution in [2.24, 2.45) is 5.92 Å². The Morgan fingerprint density at radius 2 is 2.10 bits per heavy atom. The van der Waals surface area contributed by atoms with Crippen LogP contribution in [0.15, 0.2) is 24.3 Å². The second kappa shape index (κ2) is 7.87. The number of nitrogens with zero attached hydrogens (tertiary/aromatic N) is 1. The van der Waals surface area contributed by atoms with Gasteiger partial charge in [0.25, 0.3) is 0 Å². The molecule has 4 heteroatoms. The predicted octanol–water partition coefficient (Wildman–Crippen LogP) is 2.57. The molecule has 0 bridgehead atoms. The number of rotatable bonds is 7. The Morgan fingerprint density at radius 3 is 2.71 bits per heavy atom. The van der Waals surface area contributed by atoms with Crippen LogP contribution in [0.1, 0.15) is 38.3 Å². The molecule has 1 aromatic carbocycles. The van der Waals surface area contributed by atoms with Crippen molar-refractivity contribution in [3.05, 3.63) is 35.6 Å². The minimum atomic E-state index is -0.192. The van der Waals surface area contributed by atoms with Crippen molar-refractivity contribution < 1.29 is 9.50 Å². The van der Waals surface area contributed by atoms with E-state index in [1.54, 1.807) is 0 Å². The number of halogens is 1. The molecule has 21 heavy (non-hydrogen) atoms. The van der Waals surface area contributed by atoms with E-state index in [-0.39, 0.29) is 18.5 Å². The van der Waals surface area contributed by atoms with Crippen LogP contribution in [-0.2, 0) is 0 Å². The molecule has 1 fully saturated rings. The Bertz CT molecular complexity index is 423. The van der Waals surface area contributed by atoms with Gasteiger partial charge < -0.3 is 10.4 Å². The van der Waals surface area contributed by atoms with E-state index >= 15 is 0 Å². The standard InChI is InChI=1S/C17H27FN2O/c1-3-19-16(14-4-6-15(18)7-5-14)9-11-20-10-8-13(2)17(20)12-21/h4-7,13,16-17,19,21H,3,8-12H2,1-2H3. The van der Waals surface area contributed by atoms with Crippen molar-refractivity contribution in [1.82, 2.24) is 10.2 Å². The van der Waals surface area contributed by atoms with Gasteiger partial charge in [-0.05, 0) is 49.5 Å². The Balaban J connectivity index is 1.95. The third-order valence-corrected chi connectivity index (χ3v) is 4.61. The zero-order valence-corrected chi connectivity index (χ0v) is 13.1. The lowest BCUT2D eigenvalue weighted by Crippen LogP contribution is -2.37. The van der Waals surface area contributed by atoms with Gasteiger partial charge in [-0.1, -0.05) is 26.0 Å². The number of aliphatic hydroxyl groups is 1. The minimum Gasteiger partial charge on any atom is -0.395 e. The molecule has 0 aromatic heterocycles. The molecular formula is C17H27FN2O. The SMILES string of the molecule is CCNC(CCN1CCC(C)C1CO)c1ccc(F)cc1. The average Bonchev–Trinajstić information content (AvgIpc) is 2.84. The average molecular weight is 294 g/mol. The fourth-order valence-electron chi connectivity index (χ4n) is 3.28. The van der Waals surface area contributed by atoms with Crippen LogP contribution in [0.3, 0.4) is 0 Å². The Morgan fingerprint density at radius 1 is 1.38 bits per heavy atom. The van der Waals surface area contributed by atoms with Gasteiger partial charge in [0.2, 0.25) is 0 Å². The minimum absolute atomic E-state index is 0.192.